The lowest BCUT2D eigenvalue weighted by atomic mass is 10.1. The number of aliphatic carboxylic acids is 1. The molecule has 0 aliphatic heterocycles. The van der Waals surface area contributed by atoms with Crippen LogP contribution in [0.5, 0.6) is 0 Å². The number of benzene rings is 1. The second-order valence-electron chi connectivity index (χ2n) is 4.56. The average molecular weight is 287 g/mol. The maximum atomic E-state index is 13.0. The van der Waals surface area contributed by atoms with Gasteiger partial charge in [-0.3, -0.25) is 4.79 Å². The molecule has 1 aliphatic carbocycles. The van der Waals surface area contributed by atoms with Crippen molar-refractivity contribution in [3.05, 3.63) is 30.1 Å². The number of sulfonamides is 1. The number of halogens is 1. The lowest BCUT2D eigenvalue weighted by molar-refractivity contribution is -0.141. The van der Waals surface area contributed by atoms with Crippen molar-refractivity contribution in [1.29, 1.82) is 0 Å². The van der Waals surface area contributed by atoms with Crippen LogP contribution in [0.4, 0.5) is 4.39 Å². The highest BCUT2D eigenvalue weighted by atomic mass is 32.2. The molecule has 2 atom stereocenters. The Morgan fingerprint density at radius 1 is 1.37 bits per heavy atom. The summed E-state index contributed by atoms with van der Waals surface area (Å²) in [5.74, 6) is -2.38. The van der Waals surface area contributed by atoms with Gasteiger partial charge in [-0.25, -0.2) is 17.5 Å². The zero-order valence-electron chi connectivity index (χ0n) is 10.0. The first-order valence-electron chi connectivity index (χ1n) is 5.91. The molecule has 0 bridgehead atoms. The summed E-state index contributed by atoms with van der Waals surface area (Å²) in [6.07, 6.45) is 1.59. The van der Waals surface area contributed by atoms with Crippen molar-refractivity contribution in [1.82, 2.24) is 4.72 Å². The Bertz CT molecular complexity index is 587. The fourth-order valence-electron chi connectivity index (χ4n) is 2.30. The van der Waals surface area contributed by atoms with Crippen LogP contribution >= 0.6 is 0 Å². The van der Waals surface area contributed by atoms with E-state index in [0.717, 1.165) is 12.1 Å². The van der Waals surface area contributed by atoms with Crippen molar-refractivity contribution in [3.63, 3.8) is 0 Å². The fourth-order valence-corrected chi connectivity index (χ4v) is 3.64. The molecule has 1 fully saturated rings. The minimum absolute atomic E-state index is 0.191. The highest BCUT2D eigenvalue weighted by Crippen LogP contribution is 2.27. The monoisotopic (exact) mass is 287 g/mol. The zero-order valence-corrected chi connectivity index (χ0v) is 10.9. The van der Waals surface area contributed by atoms with Crippen LogP contribution in [0.1, 0.15) is 19.3 Å². The van der Waals surface area contributed by atoms with E-state index in [1.54, 1.807) is 0 Å². The van der Waals surface area contributed by atoms with E-state index in [9.17, 15) is 17.6 Å². The Morgan fingerprint density at radius 3 is 2.74 bits per heavy atom. The molecule has 0 radical (unpaired) electrons. The Hall–Kier alpha value is -1.47. The van der Waals surface area contributed by atoms with Crippen molar-refractivity contribution in [2.75, 3.05) is 0 Å². The van der Waals surface area contributed by atoms with Gasteiger partial charge in [0.1, 0.15) is 5.82 Å². The first-order chi connectivity index (χ1) is 8.90. The highest BCUT2D eigenvalue weighted by Gasteiger charge is 2.35. The molecule has 2 unspecified atom stereocenters. The Labute approximate surface area is 110 Å². The predicted molar refractivity (Wildman–Crippen MR) is 65.5 cm³/mol. The van der Waals surface area contributed by atoms with E-state index in [2.05, 4.69) is 4.72 Å². The van der Waals surface area contributed by atoms with E-state index in [1.807, 2.05) is 0 Å². The van der Waals surface area contributed by atoms with Crippen LogP contribution in [-0.2, 0) is 14.8 Å². The average Bonchev–Trinajstić information content (AvgIpc) is 2.76. The SMILES string of the molecule is O=C(O)C1CCCC1NS(=O)(=O)c1cccc(F)c1. The van der Waals surface area contributed by atoms with E-state index >= 15 is 0 Å². The van der Waals surface area contributed by atoms with Crippen LogP contribution in [-0.4, -0.2) is 25.5 Å². The molecule has 0 heterocycles. The number of hydrogen-bond acceptors (Lipinski definition) is 3. The van der Waals surface area contributed by atoms with E-state index in [4.69, 9.17) is 5.11 Å². The lowest BCUT2D eigenvalue weighted by Crippen LogP contribution is -2.40. The molecule has 5 nitrogen and oxygen atoms in total. The van der Waals surface area contributed by atoms with Gasteiger partial charge in [0.25, 0.3) is 0 Å². The van der Waals surface area contributed by atoms with Crippen LogP contribution in [0, 0.1) is 11.7 Å². The first-order valence-corrected chi connectivity index (χ1v) is 7.39. The summed E-state index contributed by atoms with van der Waals surface area (Å²) in [5, 5.41) is 9.00. The number of carbonyl (C=O) groups is 1. The van der Waals surface area contributed by atoms with Crippen LogP contribution in [0.2, 0.25) is 0 Å². The van der Waals surface area contributed by atoms with Crippen LogP contribution in [0.25, 0.3) is 0 Å². The standard InChI is InChI=1S/C12H14FNO4S/c13-8-3-1-4-9(7-8)19(17,18)14-11-6-2-5-10(11)12(15)16/h1,3-4,7,10-11,14H,2,5-6H2,(H,15,16). The molecule has 7 heteroatoms. The zero-order chi connectivity index (χ0) is 14.0. The van der Waals surface area contributed by atoms with E-state index < -0.39 is 33.8 Å². The summed E-state index contributed by atoms with van der Waals surface area (Å²) in [5.41, 5.74) is 0. The van der Waals surface area contributed by atoms with Gasteiger partial charge in [0.2, 0.25) is 10.0 Å². The van der Waals surface area contributed by atoms with Gasteiger partial charge in [-0.05, 0) is 31.0 Å². The van der Waals surface area contributed by atoms with Crippen molar-refractivity contribution < 1.29 is 22.7 Å². The Kier molecular flexibility index (Phi) is 3.86. The third kappa shape index (κ3) is 3.10. The largest absolute Gasteiger partial charge is 0.481 e. The van der Waals surface area contributed by atoms with Gasteiger partial charge < -0.3 is 5.11 Å². The number of carboxylic acids is 1. The first kappa shape index (κ1) is 14.0. The van der Waals surface area contributed by atoms with E-state index in [-0.39, 0.29) is 4.90 Å². The second-order valence-corrected chi connectivity index (χ2v) is 6.27. The minimum atomic E-state index is -3.89. The summed E-state index contributed by atoms with van der Waals surface area (Å²) in [4.78, 5) is 10.8. The van der Waals surface area contributed by atoms with Gasteiger partial charge in [0.15, 0.2) is 0 Å². The van der Waals surface area contributed by atoms with Crippen LogP contribution < -0.4 is 4.72 Å². The fraction of sp³-hybridized carbons (Fsp3) is 0.417. The smallest absolute Gasteiger partial charge is 0.308 e. The summed E-state index contributed by atoms with van der Waals surface area (Å²) in [7, 11) is -3.89. The molecule has 2 N–H and O–H groups in total. The molecular formula is C12H14FNO4S. The summed E-state index contributed by atoms with van der Waals surface area (Å²) in [6.45, 7) is 0. The van der Waals surface area contributed by atoms with Crippen molar-refractivity contribution in [2.45, 2.75) is 30.2 Å². The number of hydrogen-bond donors (Lipinski definition) is 2. The van der Waals surface area contributed by atoms with Crippen LogP contribution in [0.3, 0.4) is 0 Å². The second kappa shape index (κ2) is 5.26. The van der Waals surface area contributed by atoms with Gasteiger partial charge in [0.05, 0.1) is 10.8 Å². The van der Waals surface area contributed by atoms with Gasteiger partial charge in [-0.1, -0.05) is 12.5 Å². The molecular weight excluding hydrogens is 273 g/mol. The topological polar surface area (TPSA) is 83.5 Å². The van der Waals surface area contributed by atoms with E-state index in [0.29, 0.717) is 19.3 Å². The highest BCUT2D eigenvalue weighted by molar-refractivity contribution is 7.89. The number of rotatable bonds is 4. The molecule has 19 heavy (non-hydrogen) atoms. The van der Waals surface area contributed by atoms with Gasteiger partial charge in [0, 0.05) is 6.04 Å². The minimum Gasteiger partial charge on any atom is -0.481 e. The van der Waals surface area contributed by atoms with Gasteiger partial charge in [-0.2, -0.15) is 0 Å². The molecule has 1 aromatic rings. The maximum Gasteiger partial charge on any atom is 0.308 e. The lowest BCUT2D eigenvalue weighted by Gasteiger charge is -2.17. The molecule has 0 amide bonds. The Balaban J connectivity index is 2.20. The molecule has 1 aromatic carbocycles. The molecule has 1 aliphatic rings. The summed E-state index contributed by atoms with van der Waals surface area (Å²) >= 11 is 0. The van der Waals surface area contributed by atoms with Gasteiger partial charge in [-0.15, -0.1) is 0 Å². The summed E-state index contributed by atoms with van der Waals surface area (Å²) < 4.78 is 39.5. The molecule has 1 saturated carbocycles. The third-order valence-corrected chi connectivity index (χ3v) is 4.73. The molecule has 0 aromatic heterocycles. The van der Waals surface area contributed by atoms with Crippen molar-refractivity contribution in [2.24, 2.45) is 5.92 Å². The van der Waals surface area contributed by atoms with Crippen LogP contribution in [0.15, 0.2) is 29.2 Å². The molecule has 104 valence electrons. The molecule has 0 spiro atoms. The summed E-state index contributed by atoms with van der Waals surface area (Å²) in [6, 6.07) is 4.00. The van der Waals surface area contributed by atoms with Crippen molar-refractivity contribution in [3.8, 4) is 0 Å². The predicted octanol–water partition coefficient (Wildman–Crippen LogP) is 1.36. The van der Waals surface area contributed by atoms with E-state index in [1.165, 1.54) is 12.1 Å². The quantitative estimate of drug-likeness (QED) is 0.875. The number of carboxylic acid groups (broad SMARTS) is 1. The molecule has 0 saturated heterocycles. The molecule has 2 rings (SSSR count). The Morgan fingerprint density at radius 2 is 2.11 bits per heavy atom. The maximum absolute atomic E-state index is 13.0. The number of nitrogens with one attached hydrogen (secondary N) is 1. The third-order valence-electron chi connectivity index (χ3n) is 3.25. The van der Waals surface area contributed by atoms with Gasteiger partial charge >= 0.3 is 5.97 Å². The van der Waals surface area contributed by atoms with Crippen molar-refractivity contribution >= 4 is 16.0 Å². The normalized spacial score (nSPS) is 23.4.